The Morgan fingerprint density at radius 1 is 1.69 bits per heavy atom. The van der Waals surface area contributed by atoms with Gasteiger partial charge in [-0.05, 0) is 30.8 Å². The van der Waals surface area contributed by atoms with E-state index in [9.17, 15) is 0 Å². The minimum atomic E-state index is 0.297. The van der Waals surface area contributed by atoms with Gasteiger partial charge in [0, 0.05) is 17.3 Å². The fourth-order valence-corrected chi connectivity index (χ4v) is 2.42. The van der Waals surface area contributed by atoms with Crippen molar-refractivity contribution in [3.05, 3.63) is 22.4 Å². The molecule has 1 atom stereocenters. The van der Waals surface area contributed by atoms with Crippen LogP contribution in [0.3, 0.4) is 0 Å². The summed E-state index contributed by atoms with van der Waals surface area (Å²) in [5, 5.41) is 16.9. The van der Waals surface area contributed by atoms with E-state index in [0.29, 0.717) is 18.3 Å². The normalized spacial score (nSPS) is 13.9. The van der Waals surface area contributed by atoms with Crippen LogP contribution in [0.4, 0.5) is 0 Å². The van der Waals surface area contributed by atoms with Gasteiger partial charge in [-0.1, -0.05) is 18.1 Å². The highest BCUT2D eigenvalue weighted by molar-refractivity contribution is 7.10. The fourth-order valence-electron chi connectivity index (χ4n) is 1.53. The van der Waals surface area contributed by atoms with Gasteiger partial charge in [-0.25, -0.2) is 0 Å². The lowest BCUT2D eigenvalue weighted by atomic mass is 10.2. The van der Waals surface area contributed by atoms with E-state index in [1.54, 1.807) is 11.3 Å². The van der Waals surface area contributed by atoms with Crippen LogP contribution in [0.5, 0.6) is 0 Å². The predicted molar refractivity (Wildman–Crippen MR) is 68.0 cm³/mol. The SMILES string of the molecule is CCC(NCCCC(N)=NO)c1cccs1. The molecule has 0 spiro atoms. The summed E-state index contributed by atoms with van der Waals surface area (Å²) in [7, 11) is 0. The Bertz CT molecular complexity index is 311. The molecular formula is C11H19N3OS. The first kappa shape index (κ1) is 13.0. The maximum atomic E-state index is 8.38. The summed E-state index contributed by atoms with van der Waals surface area (Å²) in [5.41, 5.74) is 5.39. The van der Waals surface area contributed by atoms with E-state index in [2.05, 4.69) is 34.9 Å². The Morgan fingerprint density at radius 3 is 3.06 bits per heavy atom. The van der Waals surface area contributed by atoms with Gasteiger partial charge in [-0.15, -0.1) is 11.3 Å². The third-order valence-electron chi connectivity index (χ3n) is 2.42. The zero-order chi connectivity index (χ0) is 11.8. The maximum absolute atomic E-state index is 8.38. The van der Waals surface area contributed by atoms with Crippen molar-refractivity contribution in [3.63, 3.8) is 0 Å². The van der Waals surface area contributed by atoms with Gasteiger partial charge >= 0.3 is 0 Å². The smallest absolute Gasteiger partial charge is 0.139 e. The van der Waals surface area contributed by atoms with E-state index in [4.69, 9.17) is 10.9 Å². The summed E-state index contributed by atoms with van der Waals surface area (Å²) < 4.78 is 0. The standard InChI is InChI=1S/C11H19N3OS/c1-2-9(10-5-4-8-16-10)13-7-3-6-11(12)14-15/h4-5,8-9,13,15H,2-3,6-7H2,1H3,(H2,12,14). The minimum absolute atomic E-state index is 0.297. The van der Waals surface area contributed by atoms with Crippen molar-refractivity contribution < 1.29 is 5.21 Å². The second-order valence-corrected chi connectivity index (χ2v) is 4.60. The van der Waals surface area contributed by atoms with Gasteiger partial charge in [0.05, 0.1) is 0 Å². The van der Waals surface area contributed by atoms with Crippen molar-refractivity contribution in [1.29, 1.82) is 0 Å². The van der Waals surface area contributed by atoms with Gasteiger partial charge in [0.15, 0.2) is 0 Å². The van der Waals surface area contributed by atoms with Gasteiger partial charge in [-0.3, -0.25) is 0 Å². The van der Waals surface area contributed by atoms with Crippen LogP contribution in [-0.4, -0.2) is 17.6 Å². The van der Waals surface area contributed by atoms with Gasteiger partial charge in [0.1, 0.15) is 5.84 Å². The number of nitrogens with zero attached hydrogens (tertiary/aromatic N) is 1. The van der Waals surface area contributed by atoms with Crippen molar-refractivity contribution in [2.24, 2.45) is 10.9 Å². The largest absolute Gasteiger partial charge is 0.409 e. The van der Waals surface area contributed by atoms with Gasteiger partial charge in [0.2, 0.25) is 0 Å². The van der Waals surface area contributed by atoms with Gasteiger partial charge in [-0.2, -0.15) is 0 Å². The van der Waals surface area contributed by atoms with E-state index in [1.807, 2.05) is 0 Å². The summed E-state index contributed by atoms with van der Waals surface area (Å²) in [5.74, 6) is 0.297. The molecule has 0 saturated heterocycles. The highest BCUT2D eigenvalue weighted by Gasteiger charge is 2.08. The molecule has 5 heteroatoms. The van der Waals surface area contributed by atoms with Crippen LogP contribution < -0.4 is 11.1 Å². The minimum Gasteiger partial charge on any atom is -0.409 e. The molecule has 4 nitrogen and oxygen atoms in total. The zero-order valence-corrected chi connectivity index (χ0v) is 10.3. The monoisotopic (exact) mass is 241 g/mol. The molecule has 0 aliphatic rings. The number of oxime groups is 1. The number of hydrogen-bond donors (Lipinski definition) is 3. The zero-order valence-electron chi connectivity index (χ0n) is 9.52. The maximum Gasteiger partial charge on any atom is 0.139 e. The van der Waals surface area contributed by atoms with Crippen molar-refractivity contribution >= 4 is 17.2 Å². The molecule has 1 unspecified atom stereocenters. The molecule has 90 valence electrons. The van der Waals surface area contributed by atoms with Crippen molar-refractivity contribution in [3.8, 4) is 0 Å². The molecule has 0 aromatic carbocycles. The molecule has 0 saturated carbocycles. The molecule has 1 aromatic rings. The molecule has 16 heavy (non-hydrogen) atoms. The summed E-state index contributed by atoms with van der Waals surface area (Å²) in [4.78, 5) is 1.37. The van der Waals surface area contributed by atoms with Crippen molar-refractivity contribution in [2.45, 2.75) is 32.2 Å². The molecular weight excluding hydrogens is 222 g/mol. The van der Waals surface area contributed by atoms with E-state index >= 15 is 0 Å². The van der Waals surface area contributed by atoms with Crippen LogP contribution in [0.15, 0.2) is 22.7 Å². The Kier molecular flexibility index (Phi) is 5.88. The number of amidine groups is 1. The van der Waals surface area contributed by atoms with E-state index in [0.717, 1.165) is 19.4 Å². The summed E-state index contributed by atoms with van der Waals surface area (Å²) in [6.45, 7) is 3.05. The molecule has 0 bridgehead atoms. The van der Waals surface area contributed by atoms with E-state index in [1.165, 1.54) is 4.88 Å². The third-order valence-corrected chi connectivity index (χ3v) is 3.41. The topological polar surface area (TPSA) is 70.6 Å². The average molecular weight is 241 g/mol. The molecule has 4 N–H and O–H groups in total. The highest BCUT2D eigenvalue weighted by atomic mass is 32.1. The van der Waals surface area contributed by atoms with Crippen LogP contribution in [0.2, 0.25) is 0 Å². The average Bonchev–Trinajstić information content (AvgIpc) is 2.82. The number of nitrogens with two attached hydrogens (primary N) is 1. The van der Waals surface area contributed by atoms with Crippen LogP contribution in [0, 0.1) is 0 Å². The summed E-state index contributed by atoms with van der Waals surface area (Å²) >= 11 is 1.77. The molecule has 0 aliphatic heterocycles. The fraction of sp³-hybridized carbons (Fsp3) is 0.545. The number of thiophene rings is 1. The van der Waals surface area contributed by atoms with Crippen LogP contribution in [0.1, 0.15) is 37.1 Å². The first-order chi connectivity index (χ1) is 7.77. The number of nitrogens with one attached hydrogen (secondary N) is 1. The summed E-state index contributed by atoms with van der Waals surface area (Å²) in [6.07, 6.45) is 2.59. The van der Waals surface area contributed by atoms with Gasteiger partial charge < -0.3 is 16.3 Å². The second kappa shape index (κ2) is 7.24. The lowest BCUT2D eigenvalue weighted by Crippen LogP contribution is -2.22. The predicted octanol–water partition coefficient (Wildman–Crippen LogP) is 2.32. The highest BCUT2D eigenvalue weighted by Crippen LogP contribution is 2.21. The van der Waals surface area contributed by atoms with E-state index in [-0.39, 0.29) is 0 Å². The second-order valence-electron chi connectivity index (χ2n) is 3.63. The lowest BCUT2D eigenvalue weighted by Gasteiger charge is -2.14. The molecule has 0 radical (unpaired) electrons. The molecule has 1 heterocycles. The molecule has 1 aromatic heterocycles. The number of rotatable bonds is 7. The molecule has 1 rings (SSSR count). The number of hydrogen-bond acceptors (Lipinski definition) is 4. The molecule has 0 fully saturated rings. The Hall–Kier alpha value is -1.07. The Morgan fingerprint density at radius 2 is 2.50 bits per heavy atom. The van der Waals surface area contributed by atoms with Crippen molar-refractivity contribution in [2.75, 3.05) is 6.54 Å². The van der Waals surface area contributed by atoms with E-state index < -0.39 is 0 Å². The van der Waals surface area contributed by atoms with Crippen LogP contribution in [0.25, 0.3) is 0 Å². The Labute approximate surface area is 100 Å². The molecule has 0 amide bonds. The summed E-state index contributed by atoms with van der Waals surface area (Å²) in [6, 6.07) is 4.64. The van der Waals surface area contributed by atoms with Crippen LogP contribution >= 0.6 is 11.3 Å². The third kappa shape index (κ3) is 4.20. The quantitative estimate of drug-likeness (QED) is 0.225. The lowest BCUT2D eigenvalue weighted by molar-refractivity contribution is 0.316. The van der Waals surface area contributed by atoms with Gasteiger partial charge in [0.25, 0.3) is 0 Å². The Balaban J connectivity index is 2.25. The van der Waals surface area contributed by atoms with Crippen molar-refractivity contribution in [1.82, 2.24) is 5.32 Å². The first-order valence-corrected chi connectivity index (χ1v) is 6.39. The molecule has 0 aliphatic carbocycles. The first-order valence-electron chi connectivity index (χ1n) is 5.51. The van der Waals surface area contributed by atoms with Crippen LogP contribution in [-0.2, 0) is 0 Å².